The van der Waals surface area contributed by atoms with Gasteiger partial charge in [-0.15, -0.1) is 12.4 Å². The van der Waals surface area contributed by atoms with E-state index in [0.29, 0.717) is 0 Å². The van der Waals surface area contributed by atoms with E-state index in [9.17, 15) is 0 Å². The van der Waals surface area contributed by atoms with Crippen molar-refractivity contribution in [2.75, 3.05) is 0 Å². The van der Waals surface area contributed by atoms with E-state index >= 15 is 0 Å². The van der Waals surface area contributed by atoms with Crippen molar-refractivity contribution in [2.45, 2.75) is 24.7 Å². The van der Waals surface area contributed by atoms with Crippen molar-refractivity contribution in [1.82, 2.24) is 0 Å². The molecule has 1 aliphatic rings. The van der Waals surface area contributed by atoms with Gasteiger partial charge in [0.05, 0.1) is 0 Å². The Morgan fingerprint density at radius 3 is 1.89 bits per heavy atom. The Morgan fingerprint density at radius 2 is 1.89 bits per heavy atom. The summed E-state index contributed by atoms with van der Waals surface area (Å²) in [5.74, 6) is -0.0602. The van der Waals surface area contributed by atoms with E-state index in [2.05, 4.69) is 0 Å². The van der Waals surface area contributed by atoms with Crippen LogP contribution >= 0.6 is 12.4 Å². The van der Waals surface area contributed by atoms with Crippen LogP contribution < -0.4 is 5.73 Å². The molecule has 1 fully saturated rings. The average molecular weight is 151 g/mol. The van der Waals surface area contributed by atoms with Gasteiger partial charge in [0.25, 0.3) is 0 Å². The van der Waals surface area contributed by atoms with Crippen molar-refractivity contribution < 1.29 is 10.0 Å². The van der Waals surface area contributed by atoms with Crippen molar-refractivity contribution in [3.63, 3.8) is 0 Å². The van der Waals surface area contributed by atoms with Gasteiger partial charge in [-0.25, -0.2) is 0 Å². The molecular weight excluding hydrogens is 140 g/mol. The van der Waals surface area contributed by atoms with Crippen molar-refractivity contribution in [1.29, 1.82) is 0 Å². The Labute approximate surface area is 60.8 Å². The maximum atomic E-state index is 8.52. The minimum absolute atomic E-state index is 0. The highest BCUT2D eigenvalue weighted by Gasteiger charge is 2.36. The van der Waals surface area contributed by atoms with Crippen molar-refractivity contribution in [3.05, 3.63) is 0 Å². The topological polar surface area (TPSA) is 66.5 Å². The molecule has 3 nitrogen and oxygen atoms in total. The third-order valence-electron chi connectivity index (χ3n) is 1.77. The van der Waals surface area contributed by atoms with E-state index in [4.69, 9.17) is 15.8 Å². The Kier molecular flexibility index (Phi) is 3.50. The van der Waals surface area contributed by atoms with E-state index in [1.807, 2.05) is 0 Å². The minimum Gasteiger partial charge on any atom is -0.427 e. The second-order valence-corrected chi connectivity index (χ2v) is 2.32. The Balaban J connectivity index is 0.000000640. The lowest BCUT2D eigenvalue weighted by Gasteiger charge is -2.32. The van der Waals surface area contributed by atoms with Gasteiger partial charge >= 0.3 is 7.12 Å². The Morgan fingerprint density at radius 1 is 1.33 bits per heavy atom. The molecule has 0 aromatic rings. The molecule has 0 aliphatic heterocycles. The van der Waals surface area contributed by atoms with Crippen LogP contribution in [0.2, 0.25) is 5.82 Å². The van der Waals surface area contributed by atoms with Crippen LogP contribution in [-0.2, 0) is 0 Å². The summed E-state index contributed by atoms with van der Waals surface area (Å²) in [6, 6.07) is 0.0231. The maximum Gasteiger partial charge on any atom is 0.456 e. The van der Waals surface area contributed by atoms with Crippen molar-refractivity contribution in [2.24, 2.45) is 5.73 Å². The van der Waals surface area contributed by atoms with E-state index < -0.39 is 7.12 Å². The summed E-state index contributed by atoms with van der Waals surface area (Å²) in [5.41, 5.74) is 5.40. The summed E-state index contributed by atoms with van der Waals surface area (Å²) < 4.78 is 0. The fourth-order valence-electron chi connectivity index (χ4n) is 0.922. The largest absolute Gasteiger partial charge is 0.456 e. The average Bonchev–Trinajstić information content (AvgIpc) is 1.61. The molecule has 0 aromatic carbocycles. The molecule has 2 atom stereocenters. The summed E-state index contributed by atoms with van der Waals surface area (Å²) in [5, 5.41) is 17.0. The predicted octanol–water partition coefficient (Wildman–Crippen LogP) is -0.628. The van der Waals surface area contributed by atoms with Gasteiger partial charge in [0.2, 0.25) is 0 Å². The van der Waals surface area contributed by atoms with Gasteiger partial charge in [-0.05, 0) is 12.8 Å². The van der Waals surface area contributed by atoms with Gasteiger partial charge in [-0.2, -0.15) is 0 Å². The molecule has 1 aliphatic carbocycles. The van der Waals surface area contributed by atoms with Gasteiger partial charge in [0.15, 0.2) is 0 Å². The standard InChI is InChI=1S/C4H10BNO2.ClH/c6-4-2-1-3(4)5(7)8;/h3-4,7-8H,1-2,6H2;1H. The zero-order valence-electron chi connectivity index (χ0n) is 5.03. The molecule has 1 saturated carbocycles. The van der Waals surface area contributed by atoms with Crippen LogP contribution in [0.15, 0.2) is 0 Å². The predicted molar refractivity (Wildman–Crippen MR) is 38.4 cm³/mol. The zero-order valence-corrected chi connectivity index (χ0v) is 5.84. The lowest BCUT2D eigenvalue weighted by atomic mass is 9.58. The highest BCUT2D eigenvalue weighted by Crippen LogP contribution is 2.31. The molecule has 5 heteroatoms. The molecule has 2 unspecified atom stereocenters. The van der Waals surface area contributed by atoms with Crippen LogP contribution in [0.3, 0.4) is 0 Å². The smallest absolute Gasteiger partial charge is 0.427 e. The molecule has 0 amide bonds. The van der Waals surface area contributed by atoms with Crippen LogP contribution in [0.25, 0.3) is 0 Å². The van der Waals surface area contributed by atoms with Gasteiger partial charge in [-0.3, -0.25) is 0 Å². The number of hydrogen-bond donors (Lipinski definition) is 3. The Hall–Kier alpha value is 0.235. The summed E-state index contributed by atoms with van der Waals surface area (Å²) in [6.07, 6.45) is 1.79. The van der Waals surface area contributed by atoms with Crippen LogP contribution in [0.4, 0.5) is 0 Å². The number of rotatable bonds is 1. The summed E-state index contributed by atoms with van der Waals surface area (Å²) >= 11 is 0. The molecule has 54 valence electrons. The van der Waals surface area contributed by atoms with Crippen molar-refractivity contribution >= 4 is 19.5 Å². The summed E-state index contributed by atoms with van der Waals surface area (Å²) in [7, 11) is -1.20. The number of hydrogen-bond acceptors (Lipinski definition) is 3. The highest BCUT2D eigenvalue weighted by molar-refractivity contribution is 6.43. The SMILES string of the molecule is Cl.NC1CCC1B(O)O. The first-order valence-electron chi connectivity index (χ1n) is 2.83. The Bertz CT molecular complexity index is 87.9. The number of halogens is 1. The van der Waals surface area contributed by atoms with Gasteiger partial charge in [0, 0.05) is 11.9 Å². The molecule has 1 rings (SSSR count). The van der Waals surface area contributed by atoms with Gasteiger partial charge in [-0.1, -0.05) is 0 Å². The minimum atomic E-state index is -1.20. The molecule has 0 bridgehead atoms. The molecule has 4 N–H and O–H groups in total. The van der Waals surface area contributed by atoms with E-state index in [0.717, 1.165) is 12.8 Å². The second kappa shape index (κ2) is 3.41. The van der Waals surface area contributed by atoms with E-state index in [1.165, 1.54) is 0 Å². The monoisotopic (exact) mass is 151 g/mol. The molecule has 0 radical (unpaired) electrons. The first-order valence-corrected chi connectivity index (χ1v) is 2.83. The first-order chi connectivity index (χ1) is 3.72. The lowest BCUT2D eigenvalue weighted by Crippen LogP contribution is -2.43. The molecule has 0 spiro atoms. The molecule has 0 saturated heterocycles. The first kappa shape index (κ1) is 9.23. The highest BCUT2D eigenvalue weighted by atomic mass is 35.5. The van der Waals surface area contributed by atoms with E-state index in [-0.39, 0.29) is 24.3 Å². The fourth-order valence-corrected chi connectivity index (χ4v) is 0.922. The van der Waals surface area contributed by atoms with E-state index in [1.54, 1.807) is 0 Å². The van der Waals surface area contributed by atoms with Crippen LogP contribution in [0.5, 0.6) is 0 Å². The van der Waals surface area contributed by atoms with Crippen LogP contribution in [0, 0.1) is 0 Å². The second-order valence-electron chi connectivity index (χ2n) is 2.32. The molecule has 0 heterocycles. The van der Waals surface area contributed by atoms with Gasteiger partial charge < -0.3 is 15.8 Å². The number of nitrogens with two attached hydrogens (primary N) is 1. The zero-order chi connectivity index (χ0) is 6.15. The van der Waals surface area contributed by atoms with Crippen molar-refractivity contribution in [3.8, 4) is 0 Å². The van der Waals surface area contributed by atoms with Crippen LogP contribution in [-0.4, -0.2) is 23.2 Å². The summed E-state index contributed by atoms with van der Waals surface area (Å²) in [4.78, 5) is 0. The normalized spacial score (nSPS) is 32.3. The lowest BCUT2D eigenvalue weighted by molar-refractivity contribution is 0.307. The molecule has 0 aromatic heterocycles. The third-order valence-corrected chi connectivity index (χ3v) is 1.77. The molecule has 9 heavy (non-hydrogen) atoms. The molecular formula is C4H11BClNO2. The maximum absolute atomic E-state index is 8.52. The third kappa shape index (κ3) is 1.83. The quantitative estimate of drug-likeness (QED) is 0.437. The fraction of sp³-hybridized carbons (Fsp3) is 1.00. The van der Waals surface area contributed by atoms with Gasteiger partial charge in [0.1, 0.15) is 0 Å². The summed E-state index contributed by atoms with van der Waals surface area (Å²) in [6.45, 7) is 0. The van der Waals surface area contributed by atoms with Crippen LogP contribution in [0.1, 0.15) is 12.8 Å².